The van der Waals surface area contributed by atoms with E-state index in [1.54, 1.807) is 19.1 Å². The Kier molecular flexibility index (Phi) is 5.42. The van der Waals surface area contributed by atoms with E-state index in [0.717, 1.165) is 15.7 Å². The Morgan fingerprint density at radius 2 is 2.00 bits per heavy atom. The van der Waals surface area contributed by atoms with Gasteiger partial charge in [0.25, 0.3) is 5.91 Å². The molecule has 0 unspecified atom stereocenters. The zero-order chi connectivity index (χ0) is 21.1. The van der Waals surface area contributed by atoms with E-state index < -0.39 is 18.0 Å². The summed E-state index contributed by atoms with van der Waals surface area (Å²) >= 11 is 0. The van der Waals surface area contributed by atoms with E-state index in [4.69, 9.17) is 4.52 Å². The molecule has 9 nitrogen and oxygen atoms in total. The van der Waals surface area contributed by atoms with Crippen LogP contribution in [0.3, 0.4) is 0 Å². The summed E-state index contributed by atoms with van der Waals surface area (Å²) in [6.07, 6.45) is 1.06. The Morgan fingerprint density at radius 3 is 2.80 bits per heavy atom. The van der Waals surface area contributed by atoms with Crippen LogP contribution in [0.2, 0.25) is 0 Å². The molecule has 154 valence electrons. The van der Waals surface area contributed by atoms with Crippen molar-refractivity contribution in [2.24, 2.45) is 0 Å². The minimum atomic E-state index is -0.893. The third kappa shape index (κ3) is 4.00. The number of carbonyl (C=O) groups excluding carboxylic acids is 3. The fourth-order valence-electron chi connectivity index (χ4n) is 3.47. The molecule has 1 saturated heterocycles. The van der Waals surface area contributed by atoms with E-state index in [9.17, 15) is 14.4 Å². The zero-order valence-corrected chi connectivity index (χ0v) is 16.4. The van der Waals surface area contributed by atoms with E-state index in [-0.39, 0.29) is 12.3 Å². The molecule has 0 bridgehead atoms. The maximum Gasteiger partial charge on any atom is 0.329 e. The van der Waals surface area contributed by atoms with Crippen LogP contribution in [0.4, 0.5) is 10.5 Å². The summed E-state index contributed by atoms with van der Waals surface area (Å²) in [4.78, 5) is 42.8. The van der Waals surface area contributed by atoms with Gasteiger partial charge in [-0.3, -0.25) is 9.59 Å². The number of hydrogen-bond donors (Lipinski definition) is 2. The second-order valence-electron chi connectivity index (χ2n) is 7.07. The number of aromatic nitrogens is 2. The Hall–Kier alpha value is -3.75. The Balaban J connectivity index is 1.35. The second-order valence-corrected chi connectivity index (χ2v) is 7.07. The average Bonchev–Trinajstić information content (AvgIpc) is 3.27. The van der Waals surface area contributed by atoms with Crippen molar-refractivity contribution in [2.45, 2.75) is 32.2 Å². The summed E-state index contributed by atoms with van der Waals surface area (Å²) in [5.41, 5.74) is 0.508. The van der Waals surface area contributed by atoms with Gasteiger partial charge in [0.1, 0.15) is 6.04 Å². The molecule has 1 fully saturated rings. The van der Waals surface area contributed by atoms with Gasteiger partial charge < -0.3 is 15.2 Å². The maximum atomic E-state index is 12.8. The second kappa shape index (κ2) is 8.32. The first-order valence-corrected chi connectivity index (χ1v) is 9.71. The first-order valence-electron chi connectivity index (χ1n) is 9.71. The lowest BCUT2D eigenvalue weighted by molar-refractivity contribution is -0.125. The minimum Gasteiger partial charge on any atom is -0.356 e. The number of imide groups is 1. The highest BCUT2D eigenvalue weighted by molar-refractivity contribution is 6.24. The van der Waals surface area contributed by atoms with Gasteiger partial charge in [-0.25, -0.2) is 9.69 Å². The fraction of sp³-hybridized carbons (Fsp3) is 0.286. The van der Waals surface area contributed by atoms with E-state index in [1.165, 1.54) is 0 Å². The lowest BCUT2D eigenvalue weighted by atomic mass is 10.1. The topological polar surface area (TPSA) is 117 Å². The van der Waals surface area contributed by atoms with Gasteiger partial charge >= 0.3 is 6.03 Å². The number of anilines is 1. The molecule has 1 atom stereocenters. The number of nitrogens with zero attached hydrogens (tertiary/aromatic N) is 3. The molecule has 2 N–H and O–H groups in total. The molecule has 3 aromatic rings. The molecule has 4 rings (SSSR count). The van der Waals surface area contributed by atoms with Crippen LogP contribution < -0.4 is 15.5 Å². The highest BCUT2D eigenvalue weighted by Gasteiger charge is 2.40. The van der Waals surface area contributed by atoms with Crippen molar-refractivity contribution in [2.75, 3.05) is 11.4 Å². The number of benzene rings is 2. The number of rotatable bonds is 7. The molecule has 0 aliphatic carbocycles. The number of aryl methyl sites for hydroxylation is 2. The summed E-state index contributed by atoms with van der Waals surface area (Å²) in [6, 6.07) is 11.5. The van der Waals surface area contributed by atoms with Gasteiger partial charge in [0.05, 0.1) is 12.1 Å². The smallest absolute Gasteiger partial charge is 0.329 e. The standard InChI is InChI=1S/C21H21N5O4/c1-13-23-19(30-25-13)10-5-11-22-18(27)12-16-20(28)26(21(29)24-16)17-9-4-7-14-6-2-3-8-15(14)17/h2-4,6-9,16H,5,10-12H2,1H3,(H,22,27)(H,24,29)/t16-/m0/s1. The summed E-state index contributed by atoms with van der Waals surface area (Å²) in [6.45, 7) is 2.14. The van der Waals surface area contributed by atoms with Gasteiger partial charge in [-0.05, 0) is 24.8 Å². The highest BCUT2D eigenvalue weighted by atomic mass is 16.5. The lowest BCUT2D eigenvalue weighted by Gasteiger charge is -2.15. The van der Waals surface area contributed by atoms with Crippen LogP contribution in [0, 0.1) is 6.92 Å². The molecule has 0 spiro atoms. The number of fused-ring (bicyclic) bond motifs is 1. The van der Waals surface area contributed by atoms with Gasteiger partial charge in [0.15, 0.2) is 5.82 Å². The van der Waals surface area contributed by atoms with E-state index in [1.807, 2.05) is 30.3 Å². The van der Waals surface area contributed by atoms with Crippen LogP contribution in [0.5, 0.6) is 0 Å². The molecule has 2 heterocycles. The summed E-state index contributed by atoms with van der Waals surface area (Å²) in [7, 11) is 0. The monoisotopic (exact) mass is 407 g/mol. The Morgan fingerprint density at radius 1 is 1.20 bits per heavy atom. The predicted molar refractivity (Wildman–Crippen MR) is 109 cm³/mol. The number of carbonyl (C=O) groups is 3. The SMILES string of the molecule is Cc1noc(CCCNC(=O)C[C@@H]2NC(=O)N(c3cccc4ccccc34)C2=O)n1. The molecule has 1 aliphatic heterocycles. The van der Waals surface area contributed by atoms with Crippen molar-refractivity contribution in [1.82, 2.24) is 20.8 Å². The molecule has 30 heavy (non-hydrogen) atoms. The third-order valence-corrected chi connectivity index (χ3v) is 4.88. The van der Waals surface area contributed by atoms with Gasteiger partial charge in [0.2, 0.25) is 11.8 Å². The molecule has 1 aliphatic rings. The highest BCUT2D eigenvalue weighted by Crippen LogP contribution is 2.29. The molecule has 4 amide bonds. The summed E-state index contributed by atoms with van der Waals surface area (Å²) < 4.78 is 5.02. The molecular formula is C21H21N5O4. The van der Waals surface area contributed by atoms with Gasteiger partial charge in [-0.1, -0.05) is 41.6 Å². The number of hydrogen-bond acceptors (Lipinski definition) is 6. The van der Waals surface area contributed by atoms with Gasteiger partial charge in [0, 0.05) is 18.4 Å². The fourth-order valence-corrected chi connectivity index (χ4v) is 3.47. The van der Waals surface area contributed by atoms with Crippen LogP contribution >= 0.6 is 0 Å². The molecule has 0 saturated carbocycles. The van der Waals surface area contributed by atoms with Crippen LogP contribution in [0.1, 0.15) is 24.6 Å². The van der Waals surface area contributed by atoms with Crippen LogP contribution in [-0.4, -0.2) is 40.6 Å². The Bertz CT molecular complexity index is 1100. The van der Waals surface area contributed by atoms with Crippen molar-refractivity contribution in [3.8, 4) is 0 Å². The first kappa shape index (κ1) is 19.6. The number of amides is 4. The zero-order valence-electron chi connectivity index (χ0n) is 16.4. The van der Waals surface area contributed by atoms with Crippen molar-refractivity contribution in [3.63, 3.8) is 0 Å². The minimum absolute atomic E-state index is 0.120. The number of urea groups is 1. The number of nitrogens with one attached hydrogen (secondary N) is 2. The molecule has 9 heteroatoms. The van der Waals surface area contributed by atoms with E-state index in [0.29, 0.717) is 36.8 Å². The van der Waals surface area contributed by atoms with Crippen molar-refractivity contribution < 1.29 is 18.9 Å². The van der Waals surface area contributed by atoms with E-state index in [2.05, 4.69) is 20.8 Å². The quantitative estimate of drug-likeness (QED) is 0.457. The normalized spacial score (nSPS) is 16.2. The Labute approximate surface area is 172 Å². The summed E-state index contributed by atoms with van der Waals surface area (Å²) in [5.74, 6) is 0.342. The van der Waals surface area contributed by atoms with Gasteiger partial charge in [-0.15, -0.1) is 0 Å². The lowest BCUT2D eigenvalue weighted by Crippen LogP contribution is -2.37. The van der Waals surface area contributed by atoms with Crippen LogP contribution in [0.15, 0.2) is 47.0 Å². The largest absolute Gasteiger partial charge is 0.356 e. The van der Waals surface area contributed by atoms with Crippen molar-refractivity contribution in [3.05, 3.63) is 54.2 Å². The van der Waals surface area contributed by atoms with Crippen LogP contribution in [0.25, 0.3) is 10.8 Å². The third-order valence-electron chi connectivity index (χ3n) is 4.88. The van der Waals surface area contributed by atoms with Crippen molar-refractivity contribution in [1.29, 1.82) is 0 Å². The van der Waals surface area contributed by atoms with E-state index >= 15 is 0 Å². The van der Waals surface area contributed by atoms with Crippen molar-refractivity contribution >= 4 is 34.3 Å². The molecular weight excluding hydrogens is 386 g/mol. The predicted octanol–water partition coefficient (Wildman–Crippen LogP) is 2.10. The maximum absolute atomic E-state index is 12.8. The van der Waals surface area contributed by atoms with Crippen LogP contribution in [-0.2, 0) is 16.0 Å². The van der Waals surface area contributed by atoms with Gasteiger partial charge in [-0.2, -0.15) is 4.98 Å². The molecule has 1 aromatic heterocycles. The molecule has 0 radical (unpaired) electrons. The average molecular weight is 407 g/mol. The first-order chi connectivity index (χ1) is 14.5. The molecule has 2 aromatic carbocycles. The summed E-state index contributed by atoms with van der Waals surface area (Å²) in [5, 5.41) is 10.8.